The number of hydrogen-bond acceptors (Lipinski definition) is 5. The van der Waals surface area contributed by atoms with Gasteiger partial charge in [0.25, 0.3) is 0 Å². The van der Waals surface area contributed by atoms with Crippen LogP contribution in [0.3, 0.4) is 0 Å². The predicted octanol–water partition coefficient (Wildman–Crippen LogP) is 2.96. The van der Waals surface area contributed by atoms with Gasteiger partial charge in [-0.2, -0.15) is 0 Å². The molecule has 5 heteroatoms. The Morgan fingerprint density at radius 1 is 1.16 bits per heavy atom. The van der Waals surface area contributed by atoms with Gasteiger partial charge in [-0.1, -0.05) is 30.3 Å². The van der Waals surface area contributed by atoms with Gasteiger partial charge in [-0.25, -0.2) is 0 Å². The number of hydrogen-bond donors (Lipinski definition) is 0. The van der Waals surface area contributed by atoms with E-state index in [0.717, 1.165) is 12.0 Å². The Hall–Kier alpha value is -0.980. The van der Waals surface area contributed by atoms with Crippen molar-refractivity contribution < 1.29 is 18.9 Å². The van der Waals surface area contributed by atoms with E-state index in [0.29, 0.717) is 24.6 Å². The van der Waals surface area contributed by atoms with E-state index in [1.165, 1.54) is 0 Å². The number of ether oxygens (including phenoxy) is 4. The Bertz CT molecular complexity index is 580. The molecule has 138 valence electrons. The zero-order chi connectivity index (χ0) is 17.6. The maximum atomic E-state index is 6.43. The average Bonchev–Trinajstić information content (AvgIpc) is 2.98. The minimum Gasteiger partial charge on any atom is -0.354 e. The van der Waals surface area contributed by atoms with Gasteiger partial charge in [0.1, 0.15) is 6.10 Å². The third kappa shape index (κ3) is 3.02. The summed E-state index contributed by atoms with van der Waals surface area (Å²) in [5, 5.41) is 0. The molecular weight excluding hydrogens is 318 g/mol. The number of methoxy groups -OCH3 is 1. The van der Waals surface area contributed by atoms with Crippen molar-refractivity contribution in [1.82, 2.24) is 4.90 Å². The Morgan fingerprint density at radius 3 is 2.60 bits per heavy atom. The summed E-state index contributed by atoms with van der Waals surface area (Å²) in [6.45, 7) is 7.34. The van der Waals surface area contributed by atoms with Gasteiger partial charge >= 0.3 is 0 Å². The van der Waals surface area contributed by atoms with Crippen LogP contribution < -0.4 is 0 Å². The van der Waals surface area contributed by atoms with Gasteiger partial charge in [0, 0.05) is 30.7 Å². The molecule has 0 amide bonds. The lowest BCUT2D eigenvalue weighted by atomic mass is 9.86. The van der Waals surface area contributed by atoms with Crippen molar-refractivity contribution in [3.63, 3.8) is 0 Å². The van der Waals surface area contributed by atoms with Crippen LogP contribution >= 0.6 is 0 Å². The highest BCUT2D eigenvalue weighted by Gasteiger charge is 2.56. The SMILES string of the molecule is CO[C@H]1O[C@@H]2CO[C@@H](c3ccccc3)O[C@H]2[C@@H]2C[C@H](C)N(C(C)C)[C@H]12. The molecule has 0 saturated carbocycles. The molecule has 3 saturated heterocycles. The molecule has 25 heavy (non-hydrogen) atoms. The van der Waals surface area contributed by atoms with E-state index in [9.17, 15) is 0 Å². The molecule has 4 rings (SSSR count). The Kier molecular flexibility index (Phi) is 4.86. The van der Waals surface area contributed by atoms with Crippen molar-refractivity contribution in [1.29, 1.82) is 0 Å². The predicted molar refractivity (Wildman–Crippen MR) is 94.0 cm³/mol. The van der Waals surface area contributed by atoms with Gasteiger partial charge in [0.2, 0.25) is 0 Å². The summed E-state index contributed by atoms with van der Waals surface area (Å²) in [6.07, 6.45) is 0.551. The first-order valence-corrected chi connectivity index (χ1v) is 9.38. The Morgan fingerprint density at radius 2 is 1.92 bits per heavy atom. The second-order valence-electron chi connectivity index (χ2n) is 7.74. The fraction of sp³-hybridized carbons (Fsp3) is 0.700. The molecule has 0 N–H and O–H groups in total. The molecule has 5 nitrogen and oxygen atoms in total. The van der Waals surface area contributed by atoms with Crippen molar-refractivity contribution in [3.05, 3.63) is 35.9 Å². The molecule has 3 aliphatic heterocycles. The topological polar surface area (TPSA) is 40.2 Å². The van der Waals surface area contributed by atoms with E-state index in [1.54, 1.807) is 7.11 Å². The normalized spacial score (nSPS) is 41.6. The largest absolute Gasteiger partial charge is 0.354 e. The maximum Gasteiger partial charge on any atom is 0.184 e. The number of nitrogens with zero attached hydrogens (tertiary/aromatic N) is 1. The average molecular weight is 347 g/mol. The van der Waals surface area contributed by atoms with Crippen LogP contribution in [0.25, 0.3) is 0 Å². The van der Waals surface area contributed by atoms with E-state index < -0.39 is 0 Å². The van der Waals surface area contributed by atoms with E-state index in [1.807, 2.05) is 18.2 Å². The second kappa shape index (κ2) is 6.97. The smallest absolute Gasteiger partial charge is 0.184 e. The monoisotopic (exact) mass is 347 g/mol. The summed E-state index contributed by atoms with van der Waals surface area (Å²) in [4.78, 5) is 2.53. The Labute approximate surface area is 150 Å². The standard InChI is InChI=1S/C20H29NO4/c1-12(2)21-13(3)10-15-17(21)20(22-4)24-16-11-23-19(25-18(15)16)14-8-6-5-7-9-14/h5-9,12-13,15-20H,10-11H2,1-4H3/t13-,15+,16+,17-,18-,19+,20-/m0/s1. The van der Waals surface area contributed by atoms with Gasteiger partial charge in [0.15, 0.2) is 12.6 Å². The molecule has 7 atom stereocenters. The second-order valence-corrected chi connectivity index (χ2v) is 7.74. The zero-order valence-corrected chi connectivity index (χ0v) is 15.5. The number of rotatable bonds is 3. The van der Waals surface area contributed by atoms with Gasteiger partial charge in [-0.05, 0) is 27.2 Å². The van der Waals surface area contributed by atoms with Crippen LogP contribution in [0.4, 0.5) is 0 Å². The van der Waals surface area contributed by atoms with E-state index in [-0.39, 0.29) is 30.8 Å². The fourth-order valence-corrected chi connectivity index (χ4v) is 4.97. The quantitative estimate of drug-likeness (QED) is 0.841. The van der Waals surface area contributed by atoms with Crippen LogP contribution in [0.2, 0.25) is 0 Å². The summed E-state index contributed by atoms with van der Waals surface area (Å²) in [5.41, 5.74) is 1.07. The lowest BCUT2D eigenvalue weighted by molar-refractivity contribution is -0.337. The van der Waals surface area contributed by atoms with E-state index in [4.69, 9.17) is 18.9 Å². The summed E-state index contributed by atoms with van der Waals surface area (Å²) < 4.78 is 24.4. The highest BCUT2D eigenvalue weighted by molar-refractivity contribution is 5.17. The molecule has 0 aromatic heterocycles. The summed E-state index contributed by atoms with van der Waals surface area (Å²) in [6, 6.07) is 11.3. The van der Waals surface area contributed by atoms with Crippen LogP contribution in [0.5, 0.6) is 0 Å². The molecule has 0 bridgehead atoms. The summed E-state index contributed by atoms with van der Waals surface area (Å²) in [7, 11) is 1.74. The first-order chi connectivity index (χ1) is 12.1. The minimum atomic E-state index is -0.311. The van der Waals surface area contributed by atoms with Crippen molar-refractivity contribution in [3.8, 4) is 0 Å². The van der Waals surface area contributed by atoms with E-state index >= 15 is 0 Å². The highest BCUT2D eigenvalue weighted by atomic mass is 16.7. The fourth-order valence-electron chi connectivity index (χ4n) is 4.97. The lowest BCUT2D eigenvalue weighted by Gasteiger charge is -2.49. The van der Waals surface area contributed by atoms with E-state index in [2.05, 4.69) is 37.8 Å². The Balaban J connectivity index is 1.59. The molecule has 1 aromatic carbocycles. The molecule has 3 fully saturated rings. The van der Waals surface area contributed by atoms with Crippen molar-refractivity contribution in [2.45, 2.75) is 70.1 Å². The number of benzene rings is 1. The van der Waals surface area contributed by atoms with Crippen molar-refractivity contribution >= 4 is 0 Å². The van der Waals surface area contributed by atoms with Crippen LogP contribution in [-0.4, -0.2) is 55.2 Å². The molecular formula is C20H29NO4. The number of likely N-dealkylation sites (tertiary alicyclic amines) is 1. The molecule has 0 aliphatic carbocycles. The van der Waals surface area contributed by atoms with Crippen molar-refractivity contribution in [2.75, 3.05) is 13.7 Å². The highest BCUT2D eigenvalue weighted by Crippen LogP contribution is 2.45. The molecule has 0 radical (unpaired) electrons. The van der Waals surface area contributed by atoms with Gasteiger partial charge < -0.3 is 18.9 Å². The molecule has 3 heterocycles. The molecule has 1 aromatic rings. The third-order valence-electron chi connectivity index (χ3n) is 5.87. The minimum absolute atomic E-state index is 0.0431. The van der Waals surface area contributed by atoms with Gasteiger partial charge in [-0.15, -0.1) is 0 Å². The first-order valence-electron chi connectivity index (χ1n) is 9.38. The third-order valence-corrected chi connectivity index (χ3v) is 5.87. The number of fused-ring (bicyclic) bond motifs is 3. The first kappa shape index (κ1) is 17.4. The van der Waals surface area contributed by atoms with Crippen LogP contribution in [0.15, 0.2) is 30.3 Å². The molecule has 0 spiro atoms. The van der Waals surface area contributed by atoms with Gasteiger partial charge in [-0.3, -0.25) is 4.90 Å². The van der Waals surface area contributed by atoms with Gasteiger partial charge in [0.05, 0.1) is 18.8 Å². The molecule has 0 unspecified atom stereocenters. The van der Waals surface area contributed by atoms with Crippen LogP contribution in [-0.2, 0) is 18.9 Å². The van der Waals surface area contributed by atoms with Crippen LogP contribution in [0.1, 0.15) is 39.0 Å². The maximum absolute atomic E-state index is 6.43. The zero-order valence-electron chi connectivity index (χ0n) is 15.5. The van der Waals surface area contributed by atoms with Crippen molar-refractivity contribution in [2.24, 2.45) is 5.92 Å². The molecule has 3 aliphatic rings. The summed E-state index contributed by atoms with van der Waals surface area (Å²) in [5.74, 6) is 0.399. The lowest BCUT2D eigenvalue weighted by Crippen LogP contribution is -2.61. The van der Waals surface area contributed by atoms with Crippen LogP contribution in [0, 0.1) is 5.92 Å². The summed E-state index contributed by atoms with van der Waals surface area (Å²) >= 11 is 0.